The molecular weight excluding hydrogens is 198 g/mol. The van der Waals surface area contributed by atoms with E-state index < -0.39 is 0 Å². The van der Waals surface area contributed by atoms with Crippen molar-refractivity contribution in [2.45, 2.75) is 40.2 Å². The first-order valence-electron chi connectivity index (χ1n) is 6.03. The van der Waals surface area contributed by atoms with E-state index in [4.69, 9.17) is 5.90 Å². The summed E-state index contributed by atoms with van der Waals surface area (Å²) in [4.78, 5) is 4.65. The van der Waals surface area contributed by atoms with Crippen LogP contribution in [0, 0.1) is 11.8 Å². The monoisotopic (exact) mass is 221 g/mol. The predicted octanol–water partition coefficient (Wildman–Crippen LogP) is 3.30. The topological polar surface area (TPSA) is 35.2 Å². The van der Waals surface area contributed by atoms with Crippen LogP contribution in [0.1, 0.15) is 38.3 Å². The number of hydrogen-bond donors (Lipinski definition) is 1. The highest BCUT2D eigenvalue weighted by atomic mass is 16.6. The molecule has 0 fully saturated rings. The highest BCUT2D eigenvalue weighted by Gasteiger charge is 2.07. The maximum absolute atomic E-state index is 5.07. The predicted molar refractivity (Wildman–Crippen MR) is 67.7 cm³/mol. The number of benzene rings is 1. The molecule has 0 amide bonds. The van der Waals surface area contributed by atoms with Crippen molar-refractivity contribution in [1.82, 2.24) is 0 Å². The van der Waals surface area contributed by atoms with E-state index in [1.165, 1.54) is 12.0 Å². The molecule has 16 heavy (non-hydrogen) atoms. The molecule has 0 bridgehead atoms. The molecule has 0 radical (unpaired) electrons. The van der Waals surface area contributed by atoms with Crippen LogP contribution in [-0.4, -0.2) is 0 Å². The zero-order valence-electron chi connectivity index (χ0n) is 10.6. The minimum absolute atomic E-state index is 0.494. The Hall–Kier alpha value is -0.860. The standard InChI is InChI=1S/C14H23NO/c1-11(2)12(3)7-8-13-5-4-6-14(9-13)10-16-15/h4-6,9,11-12H,7-8,10,15H2,1-3H3. The summed E-state index contributed by atoms with van der Waals surface area (Å²) in [6.07, 6.45) is 2.38. The molecule has 2 nitrogen and oxygen atoms in total. The van der Waals surface area contributed by atoms with Crippen molar-refractivity contribution < 1.29 is 4.84 Å². The zero-order chi connectivity index (χ0) is 12.0. The summed E-state index contributed by atoms with van der Waals surface area (Å²) in [7, 11) is 0. The van der Waals surface area contributed by atoms with Gasteiger partial charge in [0.1, 0.15) is 0 Å². The van der Waals surface area contributed by atoms with E-state index in [1.807, 2.05) is 6.07 Å². The summed E-state index contributed by atoms with van der Waals surface area (Å²) < 4.78 is 0. The molecule has 2 N–H and O–H groups in total. The fourth-order valence-electron chi connectivity index (χ4n) is 1.70. The lowest BCUT2D eigenvalue weighted by Crippen LogP contribution is -2.05. The fraction of sp³-hybridized carbons (Fsp3) is 0.571. The first-order chi connectivity index (χ1) is 7.63. The van der Waals surface area contributed by atoms with Crippen LogP contribution in [0.2, 0.25) is 0 Å². The molecule has 0 aromatic heterocycles. The van der Waals surface area contributed by atoms with Crippen LogP contribution in [0.15, 0.2) is 24.3 Å². The van der Waals surface area contributed by atoms with Crippen LogP contribution in [0.5, 0.6) is 0 Å². The van der Waals surface area contributed by atoms with Gasteiger partial charge >= 0.3 is 0 Å². The largest absolute Gasteiger partial charge is 0.300 e. The Labute approximate surface area is 98.8 Å². The average Bonchev–Trinajstić information content (AvgIpc) is 2.26. The lowest BCUT2D eigenvalue weighted by atomic mass is 9.91. The van der Waals surface area contributed by atoms with Crippen molar-refractivity contribution in [3.63, 3.8) is 0 Å². The van der Waals surface area contributed by atoms with Crippen LogP contribution < -0.4 is 5.90 Å². The van der Waals surface area contributed by atoms with Crippen LogP contribution in [0.25, 0.3) is 0 Å². The second-order valence-corrected chi connectivity index (χ2v) is 4.89. The van der Waals surface area contributed by atoms with Gasteiger partial charge in [-0.25, -0.2) is 5.90 Å². The first-order valence-corrected chi connectivity index (χ1v) is 6.03. The second kappa shape index (κ2) is 6.66. The van der Waals surface area contributed by atoms with Crippen molar-refractivity contribution in [2.75, 3.05) is 0 Å². The summed E-state index contributed by atoms with van der Waals surface area (Å²) in [5, 5.41) is 0. The van der Waals surface area contributed by atoms with E-state index in [2.05, 4.69) is 43.8 Å². The molecule has 0 saturated carbocycles. The van der Waals surface area contributed by atoms with Gasteiger partial charge in [-0.05, 0) is 35.8 Å². The van der Waals surface area contributed by atoms with Gasteiger partial charge in [0.05, 0.1) is 6.61 Å². The van der Waals surface area contributed by atoms with Crippen molar-refractivity contribution in [3.8, 4) is 0 Å². The number of rotatable bonds is 6. The molecular formula is C14H23NO. The summed E-state index contributed by atoms with van der Waals surface area (Å²) in [5.41, 5.74) is 2.53. The van der Waals surface area contributed by atoms with Crippen LogP contribution in [0.4, 0.5) is 0 Å². The third-order valence-corrected chi connectivity index (χ3v) is 3.27. The molecule has 1 rings (SSSR count). The van der Waals surface area contributed by atoms with Gasteiger partial charge in [0.2, 0.25) is 0 Å². The van der Waals surface area contributed by atoms with Gasteiger partial charge in [-0.15, -0.1) is 0 Å². The van der Waals surface area contributed by atoms with Crippen LogP contribution in [-0.2, 0) is 17.9 Å². The molecule has 0 aliphatic rings. The Kier molecular flexibility index (Phi) is 5.50. The summed E-state index contributed by atoms with van der Waals surface area (Å²) in [5.74, 6) is 6.60. The second-order valence-electron chi connectivity index (χ2n) is 4.89. The van der Waals surface area contributed by atoms with Gasteiger partial charge in [-0.2, -0.15) is 0 Å². The molecule has 0 spiro atoms. The molecule has 0 aliphatic carbocycles. The van der Waals surface area contributed by atoms with E-state index in [0.717, 1.165) is 23.8 Å². The lowest BCUT2D eigenvalue weighted by molar-refractivity contribution is 0.124. The summed E-state index contributed by atoms with van der Waals surface area (Å²) >= 11 is 0. The smallest absolute Gasteiger partial charge is 0.0930 e. The highest BCUT2D eigenvalue weighted by Crippen LogP contribution is 2.17. The van der Waals surface area contributed by atoms with Crippen LogP contribution >= 0.6 is 0 Å². The molecule has 0 heterocycles. The highest BCUT2D eigenvalue weighted by molar-refractivity contribution is 5.23. The zero-order valence-corrected chi connectivity index (χ0v) is 10.6. The minimum atomic E-state index is 0.494. The van der Waals surface area contributed by atoms with Gasteiger partial charge < -0.3 is 0 Å². The number of hydrogen-bond acceptors (Lipinski definition) is 2. The normalized spacial score (nSPS) is 13.1. The number of aryl methyl sites for hydroxylation is 1. The van der Waals surface area contributed by atoms with Crippen molar-refractivity contribution >= 4 is 0 Å². The molecule has 1 aromatic carbocycles. The summed E-state index contributed by atoms with van der Waals surface area (Å²) in [6, 6.07) is 8.47. The average molecular weight is 221 g/mol. The van der Waals surface area contributed by atoms with E-state index in [9.17, 15) is 0 Å². The Bertz CT molecular complexity index is 309. The number of nitrogens with two attached hydrogens (primary N) is 1. The van der Waals surface area contributed by atoms with Gasteiger partial charge in [-0.3, -0.25) is 4.84 Å². The van der Waals surface area contributed by atoms with Gasteiger partial charge in [-0.1, -0.05) is 45.0 Å². The lowest BCUT2D eigenvalue weighted by Gasteiger charge is -2.15. The summed E-state index contributed by atoms with van der Waals surface area (Å²) in [6.45, 7) is 7.37. The molecule has 0 aliphatic heterocycles. The molecule has 1 aromatic rings. The molecule has 0 saturated heterocycles. The minimum Gasteiger partial charge on any atom is -0.300 e. The SMILES string of the molecule is CC(C)C(C)CCc1cccc(CON)c1. The van der Waals surface area contributed by atoms with Crippen molar-refractivity contribution in [2.24, 2.45) is 17.7 Å². The maximum atomic E-state index is 5.07. The quantitative estimate of drug-likeness (QED) is 0.748. The maximum Gasteiger partial charge on any atom is 0.0930 e. The molecule has 1 atom stereocenters. The molecule has 1 unspecified atom stereocenters. The van der Waals surface area contributed by atoms with Gasteiger partial charge in [0.15, 0.2) is 0 Å². The first kappa shape index (κ1) is 13.2. The fourth-order valence-corrected chi connectivity index (χ4v) is 1.70. The Morgan fingerprint density at radius 1 is 1.19 bits per heavy atom. The molecule has 2 heteroatoms. The third kappa shape index (κ3) is 4.33. The van der Waals surface area contributed by atoms with E-state index in [1.54, 1.807) is 0 Å². The van der Waals surface area contributed by atoms with E-state index in [0.29, 0.717) is 6.61 Å². The Morgan fingerprint density at radius 3 is 2.50 bits per heavy atom. The van der Waals surface area contributed by atoms with Gasteiger partial charge in [0.25, 0.3) is 0 Å². The van der Waals surface area contributed by atoms with Crippen molar-refractivity contribution in [1.29, 1.82) is 0 Å². The molecule has 90 valence electrons. The Morgan fingerprint density at radius 2 is 1.88 bits per heavy atom. The Balaban J connectivity index is 2.50. The van der Waals surface area contributed by atoms with E-state index >= 15 is 0 Å². The van der Waals surface area contributed by atoms with Crippen molar-refractivity contribution in [3.05, 3.63) is 35.4 Å². The van der Waals surface area contributed by atoms with Gasteiger partial charge in [0, 0.05) is 0 Å². The van der Waals surface area contributed by atoms with Crippen LogP contribution in [0.3, 0.4) is 0 Å². The third-order valence-electron chi connectivity index (χ3n) is 3.27. The van der Waals surface area contributed by atoms with E-state index in [-0.39, 0.29) is 0 Å².